The summed E-state index contributed by atoms with van der Waals surface area (Å²) in [6, 6.07) is 0. The predicted octanol–water partition coefficient (Wildman–Crippen LogP) is 1.51. The van der Waals surface area contributed by atoms with E-state index in [1.807, 2.05) is 7.05 Å². The second-order valence-corrected chi connectivity index (χ2v) is 4.31. The zero-order valence-corrected chi connectivity index (χ0v) is 10.7. The molecule has 0 spiro atoms. The summed E-state index contributed by atoms with van der Waals surface area (Å²) in [6.45, 7) is 1.89. The van der Waals surface area contributed by atoms with Crippen LogP contribution in [0, 0.1) is 0 Å². The zero-order valence-electron chi connectivity index (χ0n) is 8.54. The van der Waals surface area contributed by atoms with Gasteiger partial charge in [-0.25, -0.2) is 4.98 Å². The lowest BCUT2D eigenvalue weighted by atomic mass is 10.2. The summed E-state index contributed by atoms with van der Waals surface area (Å²) in [6.07, 6.45) is 5.48. The molecule has 1 rings (SSSR count). The van der Waals surface area contributed by atoms with Crippen molar-refractivity contribution in [1.82, 2.24) is 20.1 Å². The van der Waals surface area contributed by atoms with E-state index in [2.05, 4.69) is 38.0 Å². The van der Waals surface area contributed by atoms with Crippen molar-refractivity contribution in [2.24, 2.45) is 7.05 Å². The Morgan fingerprint density at radius 1 is 1.43 bits per heavy atom. The molecule has 0 amide bonds. The number of unbranched alkanes of at least 4 members (excludes halogenated alkanes) is 2. The Morgan fingerprint density at radius 3 is 2.93 bits per heavy atom. The number of hydrogen-bond donors (Lipinski definition) is 1. The van der Waals surface area contributed by atoms with Crippen molar-refractivity contribution in [3.63, 3.8) is 0 Å². The first-order valence-electron chi connectivity index (χ1n) is 4.94. The van der Waals surface area contributed by atoms with E-state index in [1.54, 1.807) is 11.0 Å². The zero-order chi connectivity index (χ0) is 10.2. The molecule has 0 radical (unpaired) electrons. The van der Waals surface area contributed by atoms with Crippen LogP contribution in [-0.2, 0) is 13.6 Å². The first-order chi connectivity index (χ1) is 6.84. The van der Waals surface area contributed by atoms with Crippen LogP contribution in [0.5, 0.6) is 0 Å². The normalized spacial score (nSPS) is 10.7. The molecule has 0 atom stereocenters. The summed E-state index contributed by atoms with van der Waals surface area (Å²) in [7, 11) is 1.92. The minimum absolute atomic E-state index is 0.820. The maximum absolute atomic E-state index is 4.14. The molecule has 0 aliphatic rings. The van der Waals surface area contributed by atoms with Gasteiger partial charge in [0, 0.05) is 7.05 Å². The highest BCUT2D eigenvalue weighted by molar-refractivity contribution is 14.1. The monoisotopic (exact) mass is 308 g/mol. The molecular formula is C9H17IN4. The van der Waals surface area contributed by atoms with Gasteiger partial charge in [-0.05, 0) is 23.8 Å². The predicted molar refractivity (Wildman–Crippen MR) is 65.4 cm³/mol. The number of rotatable bonds is 7. The fourth-order valence-corrected chi connectivity index (χ4v) is 1.74. The number of aromatic nitrogens is 3. The molecule has 0 saturated heterocycles. The number of hydrogen-bond acceptors (Lipinski definition) is 3. The average Bonchev–Trinajstić information content (AvgIpc) is 2.58. The molecule has 0 fully saturated rings. The van der Waals surface area contributed by atoms with Gasteiger partial charge in [0.25, 0.3) is 0 Å². The minimum atomic E-state index is 0.820. The van der Waals surface area contributed by atoms with Gasteiger partial charge in [0.1, 0.15) is 12.2 Å². The Hall–Kier alpha value is -0.170. The smallest absolute Gasteiger partial charge is 0.140 e. The van der Waals surface area contributed by atoms with Crippen LogP contribution in [0.2, 0.25) is 0 Å². The van der Waals surface area contributed by atoms with E-state index in [9.17, 15) is 0 Å². The number of alkyl halides is 1. The lowest BCUT2D eigenvalue weighted by Crippen LogP contribution is -2.17. The Bertz CT molecular complexity index is 249. The van der Waals surface area contributed by atoms with Gasteiger partial charge in [-0.2, -0.15) is 5.10 Å². The van der Waals surface area contributed by atoms with E-state index >= 15 is 0 Å². The van der Waals surface area contributed by atoms with Gasteiger partial charge in [0.15, 0.2) is 0 Å². The molecule has 1 N–H and O–H groups in total. The SMILES string of the molecule is Cn1ncnc1CNCCCCCI. The topological polar surface area (TPSA) is 42.7 Å². The highest BCUT2D eigenvalue weighted by Crippen LogP contribution is 1.98. The molecule has 0 aromatic carbocycles. The van der Waals surface area contributed by atoms with Crippen LogP contribution in [-0.4, -0.2) is 25.7 Å². The molecule has 0 aliphatic heterocycles. The van der Waals surface area contributed by atoms with Gasteiger partial charge in [-0.3, -0.25) is 4.68 Å². The average molecular weight is 308 g/mol. The third-order valence-corrected chi connectivity index (χ3v) is 2.84. The van der Waals surface area contributed by atoms with Crippen molar-refractivity contribution in [3.05, 3.63) is 12.2 Å². The number of nitrogens with zero attached hydrogens (tertiary/aromatic N) is 3. The highest BCUT2D eigenvalue weighted by atomic mass is 127. The summed E-state index contributed by atoms with van der Waals surface area (Å²) in [4.78, 5) is 4.14. The number of nitrogens with one attached hydrogen (secondary N) is 1. The molecule has 0 saturated carbocycles. The van der Waals surface area contributed by atoms with Crippen molar-refractivity contribution < 1.29 is 0 Å². The fraction of sp³-hybridized carbons (Fsp3) is 0.778. The Labute approximate surface area is 98.6 Å². The second kappa shape index (κ2) is 7.17. The van der Waals surface area contributed by atoms with Crippen LogP contribution in [0.3, 0.4) is 0 Å². The van der Waals surface area contributed by atoms with Gasteiger partial charge >= 0.3 is 0 Å². The lowest BCUT2D eigenvalue weighted by molar-refractivity contribution is 0.582. The quantitative estimate of drug-likeness (QED) is 0.472. The summed E-state index contributed by atoms with van der Waals surface area (Å²) < 4.78 is 3.07. The van der Waals surface area contributed by atoms with E-state index in [1.165, 1.54) is 23.7 Å². The second-order valence-electron chi connectivity index (χ2n) is 3.23. The van der Waals surface area contributed by atoms with Gasteiger partial charge in [-0.15, -0.1) is 0 Å². The van der Waals surface area contributed by atoms with Crippen LogP contribution in [0.15, 0.2) is 6.33 Å². The summed E-state index contributed by atoms with van der Waals surface area (Å²) in [5.74, 6) is 0.999. The Morgan fingerprint density at radius 2 is 2.29 bits per heavy atom. The van der Waals surface area contributed by atoms with Crippen molar-refractivity contribution in [3.8, 4) is 0 Å². The first kappa shape index (κ1) is 11.9. The van der Waals surface area contributed by atoms with Gasteiger partial charge in [0.2, 0.25) is 0 Å². The van der Waals surface area contributed by atoms with E-state index in [-0.39, 0.29) is 0 Å². The van der Waals surface area contributed by atoms with Crippen LogP contribution >= 0.6 is 22.6 Å². The van der Waals surface area contributed by atoms with E-state index in [0.29, 0.717) is 0 Å². The van der Waals surface area contributed by atoms with Gasteiger partial charge in [-0.1, -0.05) is 29.0 Å². The van der Waals surface area contributed by atoms with E-state index in [4.69, 9.17) is 0 Å². The number of halogens is 1. The summed E-state index contributed by atoms with van der Waals surface area (Å²) in [5, 5.41) is 7.37. The fourth-order valence-electron chi connectivity index (χ4n) is 1.20. The van der Waals surface area contributed by atoms with Crippen LogP contribution < -0.4 is 5.32 Å². The molecule has 1 aromatic heterocycles. The molecule has 80 valence electrons. The lowest BCUT2D eigenvalue weighted by Gasteiger charge is -2.03. The van der Waals surface area contributed by atoms with Crippen molar-refractivity contribution >= 4 is 22.6 Å². The molecule has 1 heterocycles. The standard InChI is InChI=1S/C9H17IN4/c1-14-9(12-8-13-14)7-11-6-4-2-3-5-10/h8,11H,2-7H2,1H3. The maximum Gasteiger partial charge on any atom is 0.140 e. The molecule has 0 bridgehead atoms. The third-order valence-electron chi connectivity index (χ3n) is 2.08. The summed E-state index contributed by atoms with van der Waals surface area (Å²) in [5.41, 5.74) is 0. The van der Waals surface area contributed by atoms with Crippen LogP contribution in [0.25, 0.3) is 0 Å². The summed E-state index contributed by atoms with van der Waals surface area (Å²) >= 11 is 2.42. The third kappa shape index (κ3) is 4.36. The van der Waals surface area contributed by atoms with Crippen molar-refractivity contribution in [1.29, 1.82) is 0 Å². The minimum Gasteiger partial charge on any atom is -0.310 e. The van der Waals surface area contributed by atoms with Crippen LogP contribution in [0.1, 0.15) is 25.1 Å². The maximum atomic E-state index is 4.14. The van der Waals surface area contributed by atoms with Crippen LogP contribution in [0.4, 0.5) is 0 Å². The van der Waals surface area contributed by atoms with Crippen molar-refractivity contribution in [2.75, 3.05) is 11.0 Å². The molecule has 14 heavy (non-hydrogen) atoms. The van der Waals surface area contributed by atoms with Gasteiger partial charge < -0.3 is 5.32 Å². The van der Waals surface area contributed by atoms with E-state index in [0.717, 1.165) is 18.9 Å². The first-order valence-corrected chi connectivity index (χ1v) is 6.46. The largest absolute Gasteiger partial charge is 0.310 e. The molecule has 1 aromatic rings. The highest BCUT2D eigenvalue weighted by Gasteiger charge is 1.98. The molecular weight excluding hydrogens is 291 g/mol. The van der Waals surface area contributed by atoms with E-state index < -0.39 is 0 Å². The van der Waals surface area contributed by atoms with Crippen molar-refractivity contribution in [2.45, 2.75) is 25.8 Å². The number of aryl methyl sites for hydroxylation is 1. The Kier molecular flexibility index (Phi) is 6.09. The molecule has 4 nitrogen and oxygen atoms in total. The molecule has 0 unspecified atom stereocenters. The molecule has 0 aliphatic carbocycles. The Balaban J connectivity index is 2.02. The van der Waals surface area contributed by atoms with Gasteiger partial charge in [0.05, 0.1) is 6.54 Å². The molecule has 5 heteroatoms.